The number of rotatable bonds is 7. The maximum atomic E-state index is 5.67. The molecule has 106 valence electrons. The van der Waals surface area contributed by atoms with Gasteiger partial charge in [-0.3, -0.25) is 4.90 Å². The largest absolute Gasteiger partial charge is 0.468 e. The lowest BCUT2D eigenvalue weighted by Gasteiger charge is -2.34. The fourth-order valence-corrected chi connectivity index (χ4v) is 2.11. The van der Waals surface area contributed by atoms with Crippen LogP contribution in [0.15, 0.2) is 29.4 Å². The van der Waals surface area contributed by atoms with Crippen LogP contribution in [-0.2, 0) is 13.1 Å². The Morgan fingerprint density at radius 1 is 1.47 bits per heavy atom. The summed E-state index contributed by atoms with van der Waals surface area (Å²) >= 11 is 0. The third-order valence-corrected chi connectivity index (χ3v) is 3.63. The molecule has 1 aromatic heterocycles. The monoisotopic (exact) mass is 262 g/mol. The second-order valence-electron chi connectivity index (χ2n) is 6.36. The summed E-state index contributed by atoms with van der Waals surface area (Å²) in [6.45, 7) is 13.2. The third kappa shape index (κ3) is 4.22. The first-order valence-electron chi connectivity index (χ1n) is 7.15. The van der Waals surface area contributed by atoms with Gasteiger partial charge in [-0.2, -0.15) is 0 Å². The highest BCUT2D eigenvalue weighted by Crippen LogP contribution is 2.22. The minimum absolute atomic E-state index is 0.113. The van der Waals surface area contributed by atoms with E-state index in [2.05, 4.69) is 43.6 Å². The van der Waals surface area contributed by atoms with E-state index in [4.69, 9.17) is 4.42 Å². The van der Waals surface area contributed by atoms with Crippen molar-refractivity contribution in [1.82, 2.24) is 10.2 Å². The van der Waals surface area contributed by atoms with Crippen molar-refractivity contribution in [3.8, 4) is 0 Å². The average molecular weight is 262 g/mol. The Labute approximate surface area is 116 Å². The molecule has 0 atom stereocenters. The van der Waals surface area contributed by atoms with Crippen LogP contribution in [0.1, 0.15) is 44.9 Å². The fraction of sp³-hybridized carbons (Fsp3) is 0.625. The lowest BCUT2D eigenvalue weighted by atomic mass is 10.1. The quantitative estimate of drug-likeness (QED) is 0.764. The Balaban J connectivity index is 1.99. The SMILES string of the molecule is C=CCN(Cc1occc1CNC1CC1)C(C)(C)C. The van der Waals surface area contributed by atoms with Gasteiger partial charge in [0, 0.05) is 30.2 Å². The number of nitrogens with one attached hydrogen (secondary N) is 1. The predicted molar refractivity (Wildman–Crippen MR) is 78.9 cm³/mol. The van der Waals surface area contributed by atoms with Gasteiger partial charge in [0.25, 0.3) is 0 Å². The smallest absolute Gasteiger partial charge is 0.122 e. The first-order valence-corrected chi connectivity index (χ1v) is 7.15. The minimum Gasteiger partial charge on any atom is -0.468 e. The van der Waals surface area contributed by atoms with E-state index in [0.29, 0.717) is 0 Å². The summed E-state index contributed by atoms with van der Waals surface area (Å²) in [7, 11) is 0. The van der Waals surface area contributed by atoms with Crippen LogP contribution in [0.2, 0.25) is 0 Å². The molecule has 3 heteroatoms. The maximum Gasteiger partial charge on any atom is 0.122 e. The van der Waals surface area contributed by atoms with E-state index in [-0.39, 0.29) is 5.54 Å². The van der Waals surface area contributed by atoms with Gasteiger partial charge in [0.1, 0.15) is 5.76 Å². The summed E-state index contributed by atoms with van der Waals surface area (Å²) in [5.74, 6) is 1.07. The van der Waals surface area contributed by atoms with Crippen molar-refractivity contribution in [2.75, 3.05) is 6.54 Å². The van der Waals surface area contributed by atoms with Crippen LogP contribution in [0.3, 0.4) is 0 Å². The molecule has 1 aliphatic rings. The summed E-state index contributed by atoms with van der Waals surface area (Å²) in [6, 6.07) is 2.81. The molecule has 0 radical (unpaired) electrons. The molecule has 2 rings (SSSR count). The van der Waals surface area contributed by atoms with E-state index in [9.17, 15) is 0 Å². The molecule has 0 aromatic carbocycles. The molecule has 0 bridgehead atoms. The number of hydrogen-bond acceptors (Lipinski definition) is 3. The van der Waals surface area contributed by atoms with Crippen molar-refractivity contribution in [3.63, 3.8) is 0 Å². The first-order chi connectivity index (χ1) is 9.00. The molecule has 0 unspecified atom stereocenters. The van der Waals surface area contributed by atoms with Crippen LogP contribution in [0.4, 0.5) is 0 Å². The Morgan fingerprint density at radius 3 is 2.79 bits per heavy atom. The molecule has 3 nitrogen and oxygen atoms in total. The highest BCUT2D eigenvalue weighted by molar-refractivity contribution is 5.17. The van der Waals surface area contributed by atoms with E-state index in [1.807, 2.05) is 6.08 Å². The molecule has 0 saturated heterocycles. The van der Waals surface area contributed by atoms with Crippen molar-refractivity contribution in [2.24, 2.45) is 0 Å². The second-order valence-corrected chi connectivity index (χ2v) is 6.36. The lowest BCUT2D eigenvalue weighted by Crippen LogP contribution is -2.41. The molecule has 1 fully saturated rings. The molecular formula is C16H26N2O. The van der Waals surface area contributed by atoms with Crippen LogP contribution in [-0.4, -0.2) is 23.0 Å². The van der Waals surface area contributed by atoms with Gasteiger partial charge in [-0.1, -0.05) is 6.08 Å². The Morgan fingerprint density at radius 2 is 2.21 bits per heavy atom. The third-order valence-electron chi connectivity index (χ3n) is 3.63. The van der Waals surface area contributed by atoms with E-state index in [0.717, 1.165) is 31.4 Å². The highest BCUT2D eigenvalue weighted by atomic mass is 16.3. The molecule has 1 heterocycles. The molecule has 0 amide bonds. The summed E-state index contributed by atoms with van der Waals surface area (Å²) in [5, 5.41) is 3.54. The van der Waals surface area contributed by atoms with Crippen molar-refractivity contribution >= 4 is 0 Å². The Bertz CT molecular complexity index is 413. The van der Waals surface area contributed by atoms with Gasteiger partial charge in [-0.15, -0.1) is 6.58 Å². The van der Waals surface area contributed by atoms with E-state index < -0.39 is 0 Å². The number of furan rings is 1. The van der Waals surface area contributed by atoms with Gasteiger partial charge < -0.3 is 9.73 Å². The zero-order valence-electron chi connectivity index (χ0n) is 12.4. The van der Waals surface area contributed by atoms with Crippen LogP contribution in [0, 0.1) is 0 Å². The molecule has 1 N–H and O–H groups in total. The first kappa shape index (κ1) is 14.4. The summed E-state index contributed by atoms with van der Waals surface area (Å²) < 4.78 is 5.67. The number of nitrogens with zero attached hydrogens (tertiary/aromatic N) is 1. The lowest BCUT2D eigenvalue weighted by molar-refractivity contribution is 0.134. The Kier molecular flexibility index (Phi) is 4.48. The highest BCUT2D eigenvalue weighted by Gasteiger charge is 2.24. The zero-order chi connectivity index (χ0) is 13.9. The van der Waals surface area contributed by atoms with E-state index in [1.165, 1.54) is 18.4 Å². The molecule has 0 spiro atoms. The fourth-order valence-electron chi connectivity index (χ4n) is 2.11. The Hall–Kier alpha value is -1.06. The molecule has 19 heavy (non-hydrogen) atoms. The predicted octanol–water partition coefficient (Wildman–Crippen LogP) is 3.32. The van der Waals surface area contributed by atoms with Gasteiger partial charge in [-0.05, 0) is 39.7 Å². The molecule has 1 aromatic rings. The van der Waals surface area contributed by atoms with Gasteiger partial charge in [0.15, 0.2) is 0 Å². The standard InChI is InChI=1S/C16H26N2O/c1-5-9-18(16(2,3)4)12-15-13(8-10-19-15)11-17-14-6-7-14/h5,8,10,14,17H,1,6-7,9,11-12H2,2-4H3. The van der Waals surface area contributed by atoms with Crippen molar-refractivity contribution in [2.45, 2.75) is 58.3 Å². The molecule has 1 aliphatic carbocycles. The van der Waals surface area contributed by atoms with Crippen LogP contribution >= 0.6 is 0 Å². The van der Waals surface area contributed by atoms with Crippen LogP contribution in [0.25, 0.3) is 0 Å². The van der Waals surface area contributed by atoms with Gasteiger partial charge >= 0.3 is 0 Å². The summed E-state index contributed by atoms with van der Waals surface area (Å²) in [4.78, 5) is 2.37. The average Bonchev–Trinajstić information content (AvgIpc) is 3.05. The molecule has 1 saturated carbocycles. The maximum absolute atomic E-state index is 5.67. The van der Waals surface area contributed by atoms with Gasteiger partial charge in [-0.25, -0.2) is 0 Å². The minimum atomic E-state index is 0.113. The summed E-state index contributed by atoms with van der Waals surface area (Å²) in [6.07, 6.45) is 6.39. The van der Waals surface area contributed by atoms with E-state index in [1.54, 1.807) is 6.26 Å². The zero-order valence-corrected chi connectivity index (χ0v) is 12.4. The topological polar surface area (TPSA) is 28.4 Å². The van der Waals surface area contributed by atoms with Crippen molar-refractivity contribution in [1.29, 1.82) is 0 Å². The normalized spacial score (nSPS) is 16.0. The molecule has 0 aliphatic heterocycles. The second kappa shape index (κ2) is 5.93. The van der Waals surface area contributed by atoms with Gasteiger partial charge in [0.05, 0.1) is 12.8 Å². The molecular weight excluding hydrogens is 236 g/mol. The van der Waals surface area contributed by atoms with Crippen LogP contribution in [0.5, 0.6) is 0 Å². The van der Waals surface area contributed by atoms with E-state index >= 15 is 0 Å². The van der Waals surface area contributed by atoms with Crippen molar-refractivity contribution in [3.05, 3.63) is 36.3 Å². The van der Waals surface area contributed by atoms with Gasteiger partial charge in [0.2, 0.25) is 0 Å². The number of hydrogen-bond donors (Lipinski definition) is 1. The summed E-state index contributed by atoms with van der Waals surface area (Å²) in [5.41, 5.74) is 1.40. The van der Waals surface area contributed by atoms with Crippen LogP contribution < -0.4 is 5.32 Å². The van der Waals surface area contributed by atoms with Crippen molar-refractivity contribution < 1.29 is 4.42 Å².